The van der Waals surface area contributed by atoms with Gasteiger partial charge in [-0.3, -0.25) is 4.79 Å². The van der Waals surface area contributed by atoms with E-state index in [4.69, 9.17) is 14.7 Å². The fourth-order valence-electron chi connectivity index (χ4n) is 2.06. The van der Waals surface area contributed by atoms with Crippen LogP contribution in [0.1, 0.15) is 21.5 Å². The third-order valence-electron chi connectivity index (χ3n) is 3.38. The Labute approximate surface area is 148 Å². The molecule has 2 aromatic carbocycles. The van der Waals surface area contributed by atoms with Crippen LogP contribution in [0.25, 0.3) is 0 Å². The molecule has 1 N–H and O–H groups in total. The number of hydrogen-bond donors (Lipinski definition) is 1. The SMILES string of the molecule is COCCOc1ccc(C(F)(F)F)cc1NC(=O)c1ccc(C#N)cc1. The van der Waals surface area contributed by atoms with Gasteiger partial charge < -0.3 is 14.8 Å². The number of nitriles is 1. The number of carbonyl (C=O) groups excluding carboxylic acids is 1. The first-order valence-corrected chi connectivity index (χ1v) is 7.49. The summed E-state index contributed by atoms with van der Waals surface area (Å²) in [6, 6.07) is 10.4. The summed E-state index contributed by atoms with van der Waals surface area (Å²) >= 11 is 0. The molecule has 0 radical (unpaired) electrons. The molecule has 0 aliphatic rings. The highest BCUT2D eigenvalue weighted by Gasteiger charge is 2.31. The number of halogens is 3. The molecule has 2 rings (SSSR count). The lowest BCUT2D eigenvalue weighted by Crippen LogP contribution is -2.15. The van der Waals surface area contributed by atoms with Crippen LogP contribution in [0, 0.1) is 11.3 Å². The fraction of sp³-hybridized carbons (Fsp3) is 0.222. The Morgan fingerprint density at radius 1 is 1.15 bits per heavy atom. The van der Waals surface area contributed by atoms with Crippen LogP contribution in [0.3, 0.4) is 0 Å². The van der Waals surface area contributed by atoms with Gasteiger partial charge in [0.25, 0.3) is 5.91 Å². The highest BCUT2D eigenvalue weighted by Crippen LogP contribution is 2.35. The number of methoxy groups -OCH3 is 1. The molecule has 0 saturated heterocycles. The molecule has 0 aliphatic carbocycles. The molecule has 8 heteroatoms. The predicted molar refractivity (Wildman–Crippen MR) is 87.9 cm³/mol. The van der Waals surface area contributed by atoms with Gasteiger partial charge in [-0.25, -0.2) is 0 Å². The molecule has 136 valence electrons. The molecule has 0 aromatic heterocycles. The van der Waals surface area contributed by atoms with E-state index in [9.17, 15) is 18.0 Å². The molecule has 0 fully saturated rings. The van der Waals surface area contributed by atoms with Crippen molar-refractivity contribution in [2.45, 2.75) is 6.18 Å². The number of hydrogen-bond acceptors (Lipinski definition) is 4. The Balaban J connectivity index is 2.28. The first kappa shape index (κ1) is 19.3. The molecule has 0 atom stereocenters. The number of anilines is 1. The van der Waals surface area contributed by atoms with Crippen molar-refractivity contribution in [3.05, 3.63) is 59.2 Å². The summed E-state index contributed by atoms with van der Waals surface area (Å²) in [5, 5.41) is 11.2. The smallest absolute Gasteiger partial charge is 0.416 e. The Morgan fingerprint density at radius 2 is 1.85 bits per heavy atom. The summed E-state index contributed by atoms with van der Waals surface area (Å²) < 4.78 is 49.0. The highest BCUT2D eigenvalue weighted by atomic mass is 19.4. The van der Waals surface area contributed by atoms with Crippen molar-refractivity contribution in [1.29, 1.82) is 5.26 Å². The van der Waals surface area contributed by atoms with Crippen LogP contribution < -0.4 is 10.1 Å². The van der Waals surface area contributed by atoms with Crippen molar-refractivity contribution < 1.29 is 27.4 Å². The van der Waals surface area contributed by atoms with E-state index in [1.165, 1.54) is 31.4 Å². The summed E-state index contributed by atoms with van der Waals surface area (Å²) in [5.74, 6) is -0.526. The maximum Gasteiger partial charge on any atom is 0.416 e. The highest BCUT2D eigenvalue weighted by molar-refractivity contribution is 6.05. The van der Waals surface area contributed by atoms with E-state index in [1.54, 1.807) is 0 Å². The quantitative estimate of drug-likeness (QED) is 0.791. The molecule has 26 heavy (non-hydrogen) atoms. The van der Waals surface area contributed by atoms with Crippen LogP contribution in [0.15, 0.2) is 42.5 Å². The van der Waals surface area contributed by atoms with Gasteiger partial charge in [-0.2, -0.15) is 18.4 Å². The van der Waals surface area contributed by atoms with E-state index >= 15 is 0 Å². The van der Waals surface area contributed by atoms with Gasteiger partial charge in [0.1, 0.15) is 12.4 Å². The minimum atomic E-state index is -4.56. The zero-order chi connectivity index (χ0) is 19.2. The lowest BCUT2D eigenvalue weighted by Gasteiger charge is -2.15. The average Bonchev–Trinajstić information content (AvgIpc) is 2.62. The van der Waals surface area contributed by atoms with Gasteiger partial charge >= 0.3 is 6.18 Å². The monoisotopic (exact) mass is 364 g/mol. The van der Waals surface area contributed by atoms with Crippen LogP contribution in [-0.4, -0.2) is 26.2 Å². The average molecular weight is 364 g/mol. The minimum Gasteiger partial charge on any atom is -0.489 e. The number of nitrogens with one attached hydrogen (secondary N) is 1. The molecular weight excluding hydrogens is 349 g/mol. The van der Waals surface area contributed by atoms with Gasteiger partial charge in [0.05, 0.1) is 29.5 Å². The molecule has 1 amide bonds. The summed E-state index contributed by atoms with van der Waals surface area (Å²) in [6.45, 7) is 0.353. The Bertz CT molecular complexity index is 812. The molecule has 0 spiro atoms. The number of nitrogens with zero attached hydrogens (tertiary/aromatic N) is 1. The van der Waals surface area contributed by atoms with Crippen LogP contribution in [0.4, 0.5) is 18.9 Å². The Hall–Kier alpha value is -3.05. The number of carbonyl (C=O) groups is 1. The summed E-state index contributed by atoms with van der Waals surface area (Å²) in [5.41, 5.74) is -0.453. The molecule has 0 bridgehead atoms. The lowest BCUT2D eigenvalue weighted by atomic mass is 10.1. The van der Waals surface area contributed by atoms with Crippen LogP contribution in [0.5, 0.6) is 5.75 Å². The van der Waals surface area contributed by atoms with Crippen molar-refractivity contribution in [3.63, 3.8) is 0 Å². The topological polar surface area (TPSA) is 71.3 Å². The van der Waals surface area contributed by atoms with E-state index in [0.29, 0.717) is 5.56 Å². The first-order valence-electron chi connectivity index (χ1n) is 7.49. The van der Waals surface area contributed by atoms with Crippen molar-refractivity contribution in [2.24, 2.45) is 0 Å². The summed E-state index contributed by atoms with van der Waals surface area (Å²) in [7, 11) is 1.46. The second kappa shape index (κ2) is 8.36. The van der Waals surface area contributed by atoms with E-state index in [1.807, 2.05) is 6.07 Å². The number of amides is 1. The third-order valence-corrected chi connectivity index (χ3v) is 3.38. The number of rotatable bonds is 6. The largest absolute Gasteiger partial charge is 0.489 e. The maximum atomic E-state index is 12.9. The molecule has 2 aromatic rings. The molecule has 0 heterocycles. The number of benzene rings is 2. The predicted octanol–water partition coefficient (Wildman–Crippen LogP) is 3.85. The standard InChI is InChI=1S/C18H15F3N2O3/c1-25-8-9-26-16-7-6-14(18(19,20)21)10-15(16)23-17(24)13-4-2-12(11-22)3-5-13/h2-7,10H,8-9H2,1H3,(H,23,24). The van der Waals surface area contributed by atoms with Crippen LogP contribution >= 0.6 is 0 Å². The van der Waals surface area contributed by atoms with E-state index < -0.39 is 17.6 Å². The van der Waals surface area contributed by atoms with Gasteiger partial charge in [-0.1, -0.05) is 0 Å². The van der Waals surface area contributed by atoms with Gasteiger partial charge in [0.15, 0.2) is 0 Å². The van der Waals surface area contributed by atoms with Crippen molar-refractivity contribution in [2.75, 3.05) is 25.6 Å². The van der Waals surface area contributed by atoms with Crippen molar-refractivity contribution >= 4 is 11.6 Å². The second-order valence-corrected chi connectivity index (χ2v) is 5.19. The van der Waals surface area contributed by atoms with E-state index in [2.05, 4.69) is 5.32 Å². The van der Waals surface area contributed by atoms with Crippen LogP contribution in [-0.2, 0) is 10.9 Å². The van der Waals surface area contributed by atoms with E-state index in [0.717, 1.165) is 18.2 Å². The molecule has 0 aliphatic heterocycles. The van der Waals surface area contributed by atoms with Gasteiger partial charge in [0.2, 0.25) is 0 Å². The summed E-state index contributed by atoms with van der Waals surface area (Å²) in [4.78, 5) is 12.3. The van der Waals surface area contributed by atoms with Gasteiger partial charge in [-0.05, 0) is 42.5 Å². The normalized spacial score (nSPS) is 10.9. The molecular formula is C18H15F3N2O3. The summed E-state index contributed by atoms with van der Waals surface area (Å²) in [6.07, 6.45) is -4.56. The van der Waals surface area contributed by atoms with Crippen LogP contribution in [0.2, 0.25) is 0 Å². The molecule has 0 saturated carbocycles. The van der Waals surface area contributed by atoms with Crippen molar-refractivity contribution in [3.8, 4) is 11.8 Å². The fourth-order valence-corrected chi connectivity index (χ4v) is 2.06. The van der Waals surface area contributed by atoms with Gasteiger partial charge in [-0.15, -0.1) is 0 Å². The van der Waals surface area contributed by atoms with Crippen molar-refractivity contribution in [1.82, 2.24) is 0 Å². The second-order valence-electron chi connectivity index (χ2n) is 5.19. The minimum absolute atomic E-state index is 0.0945. The Kier molecular flexibility index (Phi) is 6.20. The molecule has 0 unspecified atom stereocenters. The first-order chi connectivity index (χ1) is 12.3. The Morgan fingerprint density at radius 3 is 2.42 bits per heavy atom. The molecule has 5 nitrogen and oxygen atoms in total. The zero-order valence-electron chi connectivity index (χ0n) is 13.8. The van der Waals surface area contributed by atoms with E-state index in [-0.39, 0.29) is 30.2 Å². The number of alkyl halides is 3. The van der Waals surface area contributed by atoms with Gasteiger partial charge in [0, 0.05) is 12.7 Å². The zero-order valence-corrected chi connectivity index (χ0v) is 13.8. The third kappa shape index (κ3) is 4.97. The maximum absolute atomic E-state index is 12.9. The lowest BCUT2D eigenvalue weighted by molar-refractivity contribution is -0.137. The number of ether oxygens (including phenoxy) is 2.